The molecule has 36 nitrogen and oxygen atoms in total. The number of H-pyrrole nitrogens is 1. The molecular weight excluding hydrogens is 1290 g/mol. The number of carbonyl (C=O) groups excluding carboxylic acids is 9. The lowest BCUT2D eigenvalue weighted by Crippen LogP contribution is -2.60. The second kappa shape index (κ2) is 41.0. The number of unbranched alkanes of at least 4 members (excludes halogenated alkanes) is 1. The number of nitrogens with zero attached hydrogens (tertiary/aromatic N) is 4. The highest BCUT2D eigenvalue weighted by atomic mass is 32.2. The highest BCUT2D eigenvalue weighted by Gasteiger charge is 2.40. The normalized spacial score (nSPS) is 15.7. The average Bonchev–Trinajstić information content (AvgIpc) is 1.65. The summed E-state index contributed by atoms with van der Waals surface area (Å²) in [5.41, 5.74) is 6.99. The number of likely N-dealkylation sites (tertiary alicyclic amines) is 1. The van der Waals surface area contributed by atoms with Gasteiger partial charge in [-0.25, -0.2) is 4.79 Å². The second-order valence-electron chi connectivity index (χ2n) is 23.1. The van der Waals surface area contributed by atoms with E-state index >= 15 is 0 Å². The van der Waals surface area contributed by atoms with Gasteiger partial charge in [0.1, 0.15) is 48.3 Å². The van der Waals surface area contributed by atoms with Crippen LogP contribution in [0.3, 0.4) is 0 Å². The van der Waals surface area contributed by atoms with Gasteiger partial charge >= 0.3 is 35.8 Å². The van der Waals surface area contributed by atoms with Crippen LogP contribution in [0.5, 0.6) is 0 Å². The Morgan fingerprint density at radius 3 is 1.62 bits per heavy atom. The van der Waals surface area contributed by atoms with Crippen molar-refractivity contribution in [3.8, 4) is 0 Å². The fraction of sp³-hybridized carbons (Fsp3) is 0.610. The fourth-order valence-corrected chi connectivity index (χ4v) is 10.7. The summed E-state index contributed by atoms with van der Waals surface area (Å²) >= 11 is 1.28. The van der Waals surface area contributed by atoms with Gasteiger partial charge in [0.25, 0.3) is 0 Å². The predicted molar refractivity (Wildman–Crippen MR) is 341 cm³/mol. The van der Waals surface area contributed by atoms with Crippen LogP contribution in [0.2, 0.25) is 0 Å². The van der Waals surface area contributed by atoms with Gasteiger partial charge in [0, 0.05) is 62.7 Å². The van der Waals surface area contributed by atoms with Gasteiger partial charge in [0.15, 0.2) is 6.04 Å². The lowest BCUT2D eigenvalue weighted by molar-refractivity contribution is -0.145. The van der Waals surface area contributed by atoms with E-state index in [2.05, 4.69) is 47.5 Å². The van der Waals surface area contributed by atoms with Crippen LogP contribution >= 0.6 is 11.8 Å². The smallest absolute Gasteiger partial charge is 0.328 e. The number of rotatable bonds is 46. The molecule has 534 valence electrons. The zero-order valence-electron chi connectivity index (χ0n) is 54.0. The number of thioether (sulfide) groups is 1. The molecule has 37 heteroatoms. The molecule has 96 heavy (non-hydrogen) atoms. The van der Waals surface area contributed by atoms with Crippen LogP contribution in [-0.4, -0.2) is 294 Å². The number of aliphatic hydroxyl groups is 1. The van der Waals surface area contributed by atoms with Crippen LogP contribution in [0, 0.1) is 0 Å². The number of carboxylic acids is 6. The third-order valence-corrected chi connectivity index (χ3v) is 15.9. The van der Waals surface area contributed by atoms with Crippen molar-refractivity contribution in [3.63, 3.8) is 0 Å². The number of hydrogen-bond donors (Lipinski definition) is 17. The fourth-order valence-electron chi connectivity index (χ4n) is 10.2. The van der Waals surface area contributed by atoms with Gasteiger partial charge < -0.3 is 93.9 Å². The number of hydrogen-bond acceptors (Lipinski definition) is 21. The molecule has 9 amide bonds. The Hall–Kier alpha value is -9.04. The first kappa shape index (κ1) is 81.2. The Balaban J connectivity index is 1.74. The van der Waals surface area contributed by atoms with Crippen LogP contribution in [0.15, 0.2) is 30.5 Å². The number of carboxylic acid groups (broad SMARTS) is 6. The number of aromatic nitrogens is 1. The van der Waals surface area contributed by atoms with Crippen molar-refractivity contribution < 1.29 is 108 Å². The number of nitrogens with two attached hydrogens (primary N) is 1. The summed E-state index contributed by atoms with van der Waals surface area (Å²) in [6.45, 7) is 1.05. The quantitative estimate of drug-likeness (QED) is 0.0276. The van der Waals surface area contributed by atoms with Gasteiger partial charge in [-0.15, -0.1) is 0 Å². The van der Waals surface area contributed by atoms with Crippen molar-refractivity contribution in [2.75, 3.05) is 84.0 Å². The van der Waals surface area contributed by atoms with Crippen LogP contribution < -0.4 is 48.3 Å². The number of aliphatic carboxylic acids is 6. The van der Waals surface area contributed by atoms with Crippen LogP contribution in [0.25, 0.3) is 10.9 Å². The van der Waals surface area contributed by atoms with Crippen molar-refractivity contribution in [1.29, 1.82) is 0 Å². The summed E-state index contributed by atoms with van der Waals surface area (Å²) in [6.07, 6.45) is 1.64. The number of fused-ring (bicyclic) bond motifs is 1. The zero-order valence-corrected chi connectivity index (χ0v) is 54.9. The minimum atomic E-state index is -1.72. The molecule has 1 aliphatic heterocycles. The van der Waals surface area contributed by atoms with E-state index in [0.717, 1.165) is 9.80 Å². The number of aromatic amines is 1. The van der Waals surface area contributed by atoms with Crippen molar-refractivity contribution in [1.82, 2.24) is 67.1 Å². The molecule has 0 unspecified atom stereocenters. The molecule has 2 heterocycles. The van der Waals surface area contributed by atoms with E-state index < -0.39 is 195 Å². The summed E-state index contributed by atoms with van der Waals surface area (Å²) in [7, 11) is 0. The first-order valence-corrected chi connectivity index (χ1v) is 32.3. The van der Waals surface area contributed by atoms with Gasteiger partial charge in [-0.1, -0.05) is 18.2 Å². The van der Waals surface area contributed by atoms with E-state index in [1.54, 1.807) is 36.7 Å². The third-order valence-electron chi connectivity index (χ3n) is 15.2. The average molecular weight is 1380 g/mol. The first-order chi connectivity index (χ1) is 45.2. The van der Waals surface area contributed by atoms with E-state index in [0.29, 0.717) is 35.7 Å². The van der Waals surface area contributed by atoms with Crippen molar-refractivity contribution in [3.05, 3.63) is 36.0 Å². The molecule has 2 aromatic rings. The van der Waals surface area contributed by atoms with Crippen LogP contribution in [-0.2, 0) is 78.3 Å². The topological polar surface area (TPSA) is 549 Å². The lowest BCUT2D eigenvalue weighted by Gasteiger charge is -2.30. The highest BCUT2D eigenvalue weighted by molar-refractivity contribution is 7.98. The SMILES string of the molecule is CSCC[C@H](NC(=O)[C@H](CCC(=O)O)NC(=O)[C@H](C)NC(=O)[C@H](C)NC(=O)CN(CCN(CCN(CC(=O)O)CC(=O)O)CC(=O)O)CC(=O)O)C(=O)N[C@@H](C)C(=O)N1CCC[C@H]1C(=O)N[C@@H](Cc1c[nH]c2ccccc12)C(=O)N[C@@H](CCCCN)C(=O)N[C@H](C(=O)O)[C@@H](C)O. The number of amides is 9. The van der Waals surface area contributed by atoms with Crippen molar-refractivity contribution >= 4 is 112 Å². The summed E-state index contributed by atoms with van der Waals surface area (Å²) in [6, 6.07) is -5.79. The Morgan fingerprint density at radius 2 is 1.06 bits per heavy atom. The molecule has 1 fully saturated rings. The van der Waals surface area contributed by atoms with Gasteiger partial charge in [-0.3, -0.25) is 81.8 Å². The van der Waals surface area contributed by atoms with Crippen molar-refractivity contribution in [2.45, 2.75) is 146 Å². The largest absolute Gasteiger partial charge is 0.481 e. The number of carbonyl (C=O) groups is 15. The maximum absolute atomic E-state index is 14.4. The van der Waals surface area contributed by atoms with Gasteiger partial charge in [0.05, 0.1) is 38.8 Å². The molecule has 0 radical (unpaired) electrons. The predicted octanol–water partition coefficient (Wildman–Crippen LogP) is -4.90. The highest BCUT2D eigenvalue weighted by Crippen LogP contribution is 2.22. The van der Waals surface area contributed by atoms with Gasteiger partial charge in [0.2, 0.25) is 53.2 Å². The Bertz CT molecular complexity index is 3050. The lowest BCUT2D eigenvalue weighted by atomic mass is 10.0. The molecule has 1 aromatic carbocycles. The summed E-state index contributed by atoms with van der Waals surface area (Å²) in [5.74, 6) is -16.1. The summed E-state index contributed by atoms with van der Waals surface area (Å²) in [4.78, 5) is 202. The van der Waals surface area contributed by atoms with E-state index in [-0.39, 0.29) is 70.7 Å². The number of nitrogens with one attached hydrogen (secondary N) is 9. The van der Waals surface area contributed by atoms with E-state index in [4.69, 9.17) is 15.9 Å². The van der Waals surface area contributed by atoms with Crippen LogP contribution in [0.4, 0.5) is 0 Å². The van der Waals surface area contributed by atoms with Gasteiger partial charge in [-0.05, 0) is 103 Å². The second-order valence-corrected chi connectivity index (χ2v) is 24.1. The number of para-hydroxylation sites is 1. The van der Waals surface area contributed by atoms with Gasteiger partial charge in [-0.2, -0.15) is 11.8 Å². The van der Waals surface area contributed by atoms with E-state index in [1.807, 2.05) is 0 Å². The minimum Gasteiger partial charge on any atom is -0.481 e. The molecule has 1 saturated heterocycles. The van der Waals surface area contributed by atoms with Crippen molar-refractivity contribution in [2.24, 2.45) is 5.73 Å². The zero-order chi connectivity index (χ0) is 71.9. The van der Waals surface area contributed by atoms with E-state index in [1.165, 1.54) is 49.3 Å². The standard InChI is InChI=1S/C59H90N14O22S/c1-32(62-44(75)27-71(29-47(80)81)22-20-70(28-46(78)79)21-23-72(30-48(82)83)31-49(84)85)51(86)63-33(2)52(87)65-40(15-16-45(76)77)54(89)67-41(17-24-96-5)53(88)64-34(3)58(93)73-19-10-14-43(73)57(92)68-42(25-36-26-61-38-12-7-6-11-37(36)38)56(91)66-39(13-8-9-18-60)55(90)69-50(35(4)74)59(94)95/h6-7,11-12,26,32-35,39-43,50,61,74H,8-10,13-25,27-31,60H2,1-5H3,(H,62,75)(H,63,86)(H,64,88)(H,65,87)(H,66,91)(H,67,89)(H,68,92)(H,69,90)(H,76,77)(H,78,79)(H,80,81)(H,82,83)(H,84,85)(H,94,95)/t32-,33-,34-,35+,39-,40-,41-,42-,43-,50-/m0/s1. The Kier molecular flexibility index (Phi) is 34.7. The number of benzene rings is 1. The molecule has 0 saturated carbocycles. The molecule has 18 N–H and O–H groups in total. The molecular formula is C59H90N14O22S. The molecule has 0 spiro atoms. The van der Waals surface area contributed by atoms with E-state index in [9.17, 15) is 97.5 Å². The minimum absolute atomic E-state index is 0.000102. The summed E-state index contributed by atoms with van der Waals surface area (Å²) in [5, 5.41) is 87.1. The third kappa shape index (κ3) is 28.5. The maximum Gasteiger partial charge on any atom is 0.328 e. The first-order valence-electron chi connectivity index (χ1n) is 30.9. The maximum atomic E-state index is 14.4. The Morgan fingerprint density at radius 1 is 0.573 bits per heavy atom. The molecule has 0 bridgehead atoms. The number of aliphatic hydroxyl groups excluding tert-OH is 1. The monoisotopic (exact) mass is 1380 g/mol. The molecule has 1 aliphatic rings. The van der Waals surface area contributed by atoms with Crippen LogP contribution in [0.1, 0.15) is 84.6 Å². The summed E-state index contributed by atoms with van der Waals surface area (Å²) < 4.78 is 0. The Labute approximate surface area is 556 Å². The molecule has 0 aliphatic carbocycles. The molecule has 10 atom stereocenters. The molecule has 3 rings (SSSR count). The molecule has 1 aromatic heterocycles.